The van der Waals surface area contributed by atoms with Gasteiger partial charge in [0.1, 0.15) is 11.8 Å². The fourth-order valence-corrected chi connectivity index (χ4v) is 0.0559. The van der Waals surface area contributed by atoms with Crippen LogP contribution < -0.4 is 5.32 Å². The van der Waals surface area contributed by atoms with Crippen molar-refractivity contribution in [2.45, 2.75) is 0 Å². The molecular weight excluding hydrogens is 76.1 g/mol. The summed E-state index contributed by atoms with van der Waals surface area (Å²) in [5, 5.41) is 10.5. The molecule has 2 heteroatoms. The van der Waals surface area contributed by atoms with Crippen molar-refractivity contribution in [3.63, 3.8) is 0 Å². The number of nitriles is 1. The molecule has 32 valence electrons. The number of hydrogen-bond donors (Lipinski definition) is 1. The first-order valence-corrected chi connectivity index (χ1v) is 1.58. The smallest absolute Gasteiger partial charge is 0.116 e. The maximum Gasteiger partial charge on any atom is 0.116 e. The molecule has 6 heavy (non-hydrogen) atoms. The summed E-state index contributed by atoms with van der Waals surface area (Å²) < 4.78 is 0. The summed E-state index contributed by atoms with van der Waals surface area (Å²) in [5.74, 6) is 0. The fourth-order valence-electron chi connectivity index (χ4n) is 0.0559. The Bertz CT molecular complexity index is 88.2. The Morgan fingerprint density at radius 2 is 2.50 bits per heavy atom. The minimum Gasteiger partial charge on any atom is -0.380 e. The first-order valence-electron chi connectivity index (χ1n) is 1.58. The zero-order valence-corrected chi connectivity index (χ0v) is 3.65. The van der Waals surface area contributed by atoms with E-state index in [1.165, 1.54) is 0 Å². The van der Waals surface area contributed by atoms with E-state index < -0.39 is 0 Å². The summed E-state index contributed by atoms with van der Waals surface area (Å²) in [4.78, 5) is 0. The van der Waals surface area contributed by atoms with Gasteiger partial charge in [0.2, 0.25) is 0 Å². The molecule has 0 unspecified atom stereocenters. The van der Waals surface area contributed by atoms with Gasteiger partial charge in [-0.1, -0.05) is 6.58 Å². The second-order valence-electron chi connectivity index (χ2n) is 0.840. The molecule has 0 aliphatic heterocycles. The van der Waals surface area contributed by atoms with E-state index in [0.29, 0.717) is 5.70 Å². The third-order valence-corrected chi connectivity index (χ3v) is 0.437. The molecule has 0 aromatic heterocycles. The highest BCUT2D eigenvalue weighted by Crippen LogP contribution is 1.69. The van der Waals surface area contributed by atoms with Crippen molar-refractivity contribution in [1.82, 2.24) is 5.32 Å². The fraction of sp³-hybridized carbons (Fsp3) is 0.250. The van der Waals surface area contributed by atoms with E-state index in [2.05, 4.69) is 11.9 Å². The van der Waals surface area contributed by atoms with Gasteiger partial charge in [-0.05, 0) is 0 Å². The molecular formula is C4H6N2. The second-order valence-corrected chi connectivity index (χ2v) is 0.840. The summed E-state index contributed by atoms with van der Waals surface area (Å²) in [6, 6.07) is 1.81. The molecule has 0 fully saturated rings. The highest BCUT2D eigenvalue weighted by Gasteiger charge is 1.73. The molecule has 0 rings (SSSR count). The van der Waals surface area contributed by atoms with E-state index >= 15 is 0 Å². The molecule has 0 spiro atoms. The SMILES string of the molecule is C=C(C#N)NC. The van der Waals surface area contributed by atoms with Crippen LogP contribution in [0.25, 0.3) is 0 Å². The Morgan fingerprint density at radius 1 is 2.00 bits per heavy atom. The minimum atomic E-state index is 0.398. The minimum absolute atomic E-state index is 0.398. The van der Waals surface area contributed by atoms with E-state index in [4.69, 9.17) is 5.26 Å². The Hall–Kier alpha value is -0.970. The molecule has 0 heterocycles. The molecule has 0 aromatic carbocycles. The lowest BCUT2D eigenvalue weighted by atomic mass is 10.6. The van der Waals surface area contributed by atoms with Gasteiger partial charge in [0.15, 0.2) is 0 Å². The van der Waals surface area contributed by atoms with Crippen LogP contribution in [-0.4, -0.2) is 7.05 Å². The normalized spacial score (nSPS) is 6.00. The third kappa shape index (κ3) is 1.36. The van der Waals surface area contributed by atoms with Crippen molar-refractivity contribution >= 4 is 0 Å². The van der Waals surface area contributed by atoms with Crippen LogP contribution in [0.1, 0.15) is 0 Å². The second kappa shape index (κ2) is 2.28. The molecule has 0 aliphatic rings. The van der Waals surface area contributed by atoms with E-state index in [1.54, 1.807) is 7.05 Å². The monoisotopic (exact) mass is 82.1 g/mol. The van der Waals surface area contributed by atoms with Gasteiger partial charge in [0.05, 0.1) is 0 Å². The van der Waals surface area contributed by atoms with Gasteiger partial charge < -0.3 is 5.32 Å². The number of nitrogens with one attached hydrogen (secondary N) is 1. The molecule has 0 saturated heterocycles. The van der Waals surface area contributed by atoms with Crippen LogP contribution >= 0.6 is 0 Å². The predicted octanol–water partition coefficient (Wildman–Crippen LogP) is 0.243. The van der Waals surface area contributed by atoms with Crippen molar-refractivity contribution in [3.05, 3.63) is 12.3 Å². The van der Waals surface area contributed by atoms with E-state index in [0.717, 1.165) is 0 Å². The van der Waals surface area contributed by atoms with Gasteiger partial charge in [0.25, 0.3) is 0 Å². The molecule has 0 aromatic rings. The summed E-state index contributed by atoms with van der Waals surface area (Å²) in [6.45, 7) is 3.32. The van der Waals surface area contributed by atoms with Crippen molar-refractivity contribution in [1.29, 1.82) is 5.26 Å². The lowest BCUT2D eigenvalue weighted by molar-refractivity contribution is 1.05. The first-order chi connectivity index (χ1) is 2.81. The molecule has 0 aliphatic carbocycles. The molecule has 0 radical (unpaired) electrons. The Labute approximate surface area is 37.1 Å². The first kappa shape index (κ1) is 5.03. The zero-order valence-electron chi connectivity index (χ0n) is 3.65. The van der Waals surface area contributed by atoms with Gasteiger partial charge in [-0.25, -0.2) is 0 Å². The Balaban J connectivity index is 3.33. The van der Waals surface area contributed by atoms with Crippen LogP contribution in [0.3, 0.4) is 0 Å². The molecule has 0 bridgehead atoms. The van der Waals surface area contributed by atoms with Crippen LogP contribution in [0, 0.1) is 11.3 Å². The molecule has 0 saturated carbocycles. The molecule has 1 N–H and O–H groups in total. The van der Waals surface area contributed by atoms with E-state index in [1.807, 2.05) is 6.07 Å². The van der Waals surface area contributed by atoms with Crippen molar-refractivity contribution in [3.8, 4) is 6.07 Å². The van der Waals surface area contributed by atoms with Gasteiger partial charge in [0, 0.05) is 7.05 Å². The predicted molar refractivity (Wildman–Crippen MR) is 23.8 cm³/mol. The summed E-state index contributed by atoms with van der Waals surface area (Å²) in [5.41, 5.74) is 0.398. The third-order valence-electron chi connectivity index (χ3n) is 0.437. The topological polar surface area (TPSA) is 35.8 Å². The average molecular weight is 82.1 g/mol. The van der Waals surface area contributed by atoms with E-state index in [9.17, 15) is 0 Å². The highest BCUT2D eigenvalue weighted by molar-refractivity contribution is 5.11. The van der Waals surface area contributed by atoms with Crippen LogP contribution in [0.4, 0.5) is 0 Å². The summed E-state index contributed by atoms with van der Waals surface area (Å²) in [6.07, 6.45) is 0. The Morgan fingerprint density at radius 3 is 2.50 bits per heavy atom. The molecule has 2 nitrogen and oxygen atoms in total. The number of allylic oxidation sites excluding steroid dienone is 1. The van der Waals surface area contributed by atoms with Crippen molar-refractivity contribution in [2.24, 2.45) is 0 Å². The van der Waals surface area contributed by atoms with Gasteiger partial charge in [-0.2, -0.15) is 5.26 Å². The maximum atomic E-state index is 7.92. The largest absolute Gasteiger partial charge is 0.380 e. The lowest BCUT2D eigenvalue weighted by Gasteiger charge is -1.84. The number of rotatable bonds is 1. The maximum absolute atomic E-state index is 7.92. The van der Waals surface area contributed by atoms with Crippen molar-refractivity contribution in [2.75, 3.05) is 7.05 Å². The van der Waals surface area contributed by atoms with Gasteiger partial charge in [-0.15, -0.1) is 0 Å². The lowest BCUT2D eigenvalue weighted by Crippen LogP contribution is -2.00. The summed E-state index contributed by atoms with van der Waals surface area (Å²) >= 11 is 0. The zero-order chi connectivity index (χ0) is 4.99. The highest BCUT2D eigenvalue weighted by atomic mass is 14.8. The molecule has 0 atom stereocenters. The van der Waals surface area contributed by atoms with Gasteiger partial charge >= 0.3 is 0 Å². The standard InChI is InChI=1S/C4H6N2/c1-4(3-5)6-2/h6H,1H2,2H3. The van der Waals surface area contributed by atoms with Crippen LogP contribution in [-0.2, 0) is 0 Å². The molecule has 0 amide bonds. The average Bonchev–Trinajstić information content (AvgIpc) is 1.65. The Kier molecular flexibility index (Phi) is 1.91. The van der Waals surface area contributed by atoms with Crippen LogP contribution in [0.15, 0.2) is 12.3 Å². The van der Waals surface area contributed by atoms with Crippen LogP contribution in [0.5, 0.6) is 0 Å². The van der Waals surface area contributed by atoms with Crippen molar-refractivity contribution < 1.29 is 0 Å². The van der Waals surface area contributed by atoms with Crippen LogP contribution in [0.2, 0.25) is 0 Å². The quantitative estimate of drug-likeness (QED) is 0.460. The number of nitrogens with zero attached hydrogens (tertiary/aromatic N) is 1. The van der Waals surface area contributed by atoms with Gasteiger partial charge in [-0.3, -0.25) is 0 Å². The number of hydrogen-bond acceptors (Lipinski definition) is 2. The summed E-state index contributed by atoms with van der Waals surface area (Å²) in [7, 11) is 1.66. The van der Waals surface area contributed by atoms with E-state index in [-0.39, 0.29) is 0 Å².